The first-order valence-corrected chi connectivity index (χ1v) is 8.54. The van der Waals surface area contributed by atoms with Crippen LogP contribution in [0.4, 0.5) is 0 Å². The maximum atomic E-state index is 11.3. The number of hydrogen-bond donors (Lipinski definition) is 1. The summed E-state index contributed by atoms with van der Waals surface area (Å²) in [7, 11) is 0. The summed E-state index contributed by atoms with van der Waals surface area (Å²) in [4.78, 5) is 8.26. The van der Waals surface area contributed by atoms with Crippen molar-refractivity contribution in [2.75, 3.05) is 0 Å². The zero-order valence-electron chi connectivity index (χ0n) is 12.0. The fourth-order valence-corrected chi connectivity index (χ4v) is 3.32. The van der Waals surface area contributed by atoms with Gasteiger partial charge in [-0.2, -0.15) is 0 Å². The first-order valence-electron chi connectivity index (χ1n) is 6.70. The van der Waals surface area contributed by atoms with Gasteiger partial charge in [-0.25, -0.2) is 0 Å². The van der Waals surface area contributed by atoms with Gasteiger partial charge in [-0.05, 0) is 34.0 Å². The lowest BCUT2D eigenvalue weighted by Crippen LogP contribution is -2.33. The lowest BCUT2D eigenvalue weighted by atomic mass is 9.78. The Labute approximate surface area is 158 Å². The fourth-order valence-electron chi connectivity index (χ4n) is 2.37. The van der Waals surface area contributed by atoms with Crippen molar-refractivity contribution in [2.24, 2.45) is 0 Å². The van der Waals surface area contributed by atoms with Crippen molar-refractivity contribution < 1.29 is 5.11 Å². The highest BCUT2D eigenvalue weighted by Crippen LogP contribution is 2.41. The Bertz CT molecular complexity index is 758. The third-order valence-corrected chi connectivity index (χ3v) is 4.27. The van der Waals surface area contributed by atoms with E-state index in [0.717, 1.165) is 5.56 Å². The van der Waals surface area contributed by atoms with Gasteiger partial charge in [0, 0.05) is 50.9 Å². The van der Waals surface area contributed by atoms with Crippen LogP contribution in [-0.2, 0) is 5.60 Å². The Morgan fingerprint density at radius 2 is 2.17 bits per heavy atom. The summed E-state index contributed by atoms with van der Waals surface area (Å²) in [6.45, 7) is 3.77. The minimum absolute atomic E-state index is 0.363. The highest BCUT2D eigenvalue weighted by molar-refractivity contribution is 14.1. The number of aromatic nitrogens is 2. The summed E-state index contributed by atoms with van der Waals surface area (Å²) in [5.41, 5.74) is -0.452. The van der Waals surface area contributed by atoms with Gasteiger partial charge in [0.2, 0.25) is 0 Å². The highest BCUT2D eigenvalue weighted by Gasteiger charge is 2.40. The molecule has 0 aliphatic rings. The standard InChI is InChI=1S/C17H13Cl2IN2O/c1-2-3-14(13-5-4-12(18)10-15(13)19)17(23,6-7-20)16-11-21-8-9-22-16/h2,4-5,8-11,14,23H,1,3H2. The van der Waals surface area contributed by atoms with Crippen molar-refractivity contribution in [3.63, 3.8) is 0 Å². The van der Waals surface area contributed by atoms with Crippen molar-refractivity contribution in [3.8, 4) is 9.85 Å². The van der Waals surface area contributed by atoms with Crippen LogP contribution in [0.15, 0.2) is 49.4 Å². The molecule has 1 heterocycles. The molecule has 0 saturated carbocycles. The zero-order chi connectivity index (χ0) is 16.9. The molecular weight excluding hydrogens is 446 g/mol. The van der Waals surface area contributed by atoms with Crippen molar-refractivity contribution in [1.29, 1.82) is 0 Å². The summed E-state index contributed by atoms with van der Waals surface area (Å²) in [5.74, 6) is 2.40. The number of rotatable bonds is 5. The molecule has 1 aromatic heterocycles. The van der Waals surface area contributed by atoms with E-state index in [9.17, 15) is 5.11 Å². The maximum absolute atomic E-state index is 11.3. The van der Waals surface area contributed by atoms with Crippen molar-refractivity contribution in [2.45, 2.75) is 17.9 Å². The van der Waals surface area contributed by atoms with Crippen LogP contribution in [-0.4, -0.2) is 15.1 Å². The second-order valence-electron chi connectivity index (χ2n) is 4.82. The number of benzene rings is 1. The predicted molar refractivity (Wildman–Crippen MR) is 102 cm³/mol. The van der Waals surface area contributed by atoms with Crippen LogP contribution in [0.5, 0.6) is 0 Å². The minimum Gasteiger partial charge on any atom is -0.371 e. The second-order valence-corrected chi connectivity index (χ2v) is 6.20. The maximum Gasteiger partial charge on any atom is 0.177 e. The Balaban J connectivity index is 2.64. The summed E-state index contributed by atoms with van der Waals surface area (Å²) < 4.78 is 2.75. The molecule has 1 N–H and O–H groups in total. The summed E-state index contributed by atoms with van der Waals surface area (Å²) in [5, 5.41) is 12.3. The van der Waals surface area contributed by atoms with E-state index in [1.807, 2.05) is 22.6 Å². The van der Waals surface area contributed by atoms with E-state index in [-0.39, 0.29) is 0 Å². The SMILES string of the molecule is C=CCC(c1ccc(Cl)cc1Cl)C(O)(C#CI)c1cnccn1. The molecule has 0 aliphatic heterocycles. The van der Waals surface area contributed by atoms with E-state index in [2.05, 4.69) is 26.4 Å². The smallest absolute Gasteiger partial charge is 0.177 e. The molecule has 0 aliphatic carbocycles. The zero-order valence-corrected chi connectivity index (χ0v) is 15.7. The van der Waals surface area contributed by atoms with Gasteiger partial charge in [0.1, 0.15) is 5.69 Å². The van der Waals surface area contributed by atoms with Crippen LogP contribution in [0.2, 0.25) is 10.0 Å². The monoisotopic (exact) mass is 458 g/mol. The lowest BCUT2D eigenvalue weighted by molar-refractivity contribution is 0.0641. The second kappa shape index (κ2) is 8.11. The first-order chi connectivity index (χ1) is 11.0. The van der Waals surface area contributed by atoms with Crippen LogP contribution in [0.3, 0.4) is 0 Å². The molecule has 2 rings (SSSR count). The highest BCUT2D eigenvalue weighted by atomic mass is 127. The molecule has 2 aromatic rings. The van der Waals surface area contributed by atoms with E-state index >= 15 is 0 Å². The molecule has 23 heavy (non-hydrogen) atoms. The fraction of sp³-hybridized carbons (Fsp3) is 0.176. The first kappa shape index (κ1) is 18.2. The van der Waals surface area contributed by atoms with Crippen molar-refractivity contribution in [1.82, 2.24) is 9.97 Å². The van der Waals surface area contributed by atoms with E-state index in [1.165, 1.54) is 12.4 Å². The molecule has 0 bridgehead atoms. The number of hydrogen-bond acceptors (Lipinski definition) is 3. The molecule has 118 valence electrons. The summed E-state index contributed by atoms with van der Waals surface area (Å²) in [6, 6.07) is 5.16. The molecule has 3 nitrogen and oxygen atoms in total. The Morgan fingerprint density at radius 3 is 2.74 bits per heavy atom. The average molecular weight is 459 g/mol. The lowest BCUT2D eigenvalue weighted by Gasteiger charge is -2.31. The summed E-state index contributed by atoms with van der Waals surface area (Å²) >= 11 is 14.2. The van der Waals surface area contributed by atoms with Crippen molar-refractivity contribution >= 4 is 45.8 Å². The third kappa shape index (κ3) is 4.04. The van der Waals surface area contributed by atoms with Crippen LogP contribution >= 0.6 is 45.8 Å². The van der Waals surface area contributed by atoms with Gasteiger partial charge in [-0.1, -0.05) is 35.3 Å². The van der Waals surface area contributed by atoms with Gasteiger partial charge in [0.15, 0.2) is 5.60 Å². The molecule has 2 unspecified atom stereocenters. The minimum atomic E-state index is -1.54. The number of allylic oxidation sites excluding steroid dienone is 1. The molecule has 6 heteroatoms. The van der Waals surface area contributed by atoms with Crippen molar-refractivity contribution in [3.05, 3.63) is 70.7 Å². The number of aliphatic hydroxyl groups is 1. The average Bonchev–Trinajstić information content (AvgIpc) is 2.54. The molecule has 0 fully saturated rings. The van der Waals surface area contributed by atoms with E-state index < -0.39 is 11.5 Å². The molecular formula is C17H13Cl2IN2O. The van der Waals surface area contributed by atoms with Crippen LogP contribution in [0, 0.1) is 9.85 Å². The van der Waals surface area contributed by atoms with Gasteiger partial charge >= 0.3 is 0 Å². The predicted octanol–water partition coefficient (Wildman–Crippen LogP) is 4.73. The van der Waals surface area contributed by atoms with Gasteiger partial charge in [-0.15, -0.1) is 6.58 Å². The largest absolute Gasteiger partial charge is 0.371 e. The van der Waals surface area contributed by atoms with Gasteiger partial charge in [0.05, 0.1) is 6.20 Å². The van der Waals surface area contributed by atoms with E-state index in [1.54, 1.807) is 30.5 Å². The molecule has 0 spiro atoms. The normalized spacial score (nSPS) is 14.3. The van der Waals surface area contributed by atoms with Crippen LogP contribution in [0.1, 0.15) is 23.6 Å². The molecule has 1 aromatic carbocycles. The van der Waals surface area contributed by atoms with E-state index in [4.69, 9.17) is 23.2 Å². The molecule has 2 atom stereocenters. The van der Waals surface area contributed by atoms with Gasteiger partial charge in [-0.3, -0.25) is 9.97 Å². The van der Waals surface area contributed by atoms with Gasteiger partial charge in [0.25, 0.3) is 0 Å². The number of nitrogens with zero attached hydrogens (tertiary/aromatic N) is 2. The Hall–Kier alpha value is -1.13. The Kier molecular flexibility index (Phi) is 6.42. The van der Waals surface area contributed by atoms with Crippen LogP contribution in [0.25, 0.3) is 0 Å². The third-order valence-electron chi connectivity index (χ3n) is 3.44. The quantitative estimate of drug-likeness (QED) is 0.400. The summed E-state index contributed by atoms with van der Waals surface area (Å²) in [6.07, 6.45) is 6.73. The Morgan fingerprint density at radius 1 is 1.39 bits per heavy atom. The molecule has 0 radical (unpaired) electrons. The van der Waals surface area contributed by atoms with Gasteiger partial charge < -0.3 is 5.11 Å². The van der Waals surface area contributed by atoms with Crippen LogP contribution < -0.4 is 0 Å². The molecule has 0 saturated heterocycles. The number of halogens is 3. The van der Waals surface area contributed by atoms with E-state index in [0.29, 0.717) is 22.2 Å². The molecule has 0 amide bonds. The topological polar surface area (TPSA) is 46.0 Å².